The van der Waals surface area contributed by atoms with Crippen LogP contribution in [0.1, 0.15) is 43.2 Å². The molecule has 2 aromatic rings. The first-order chi connectivity index (χ1) is 15.5. The number of carbonyl (C=O) groups is 1. The number of hydrogen-bond donors (Lipinski definition) is 1. The fraction of sp³-hybridized carbons (Fsp3) is 0.542. The third-order valence-electron chi connectivity index (χ3n) is 6.63. The average molecular weight is 442 g/mol. The molecule has 0 bridgehead atoms. The van der Waals surface area contributed by atoms with E-state index in [9.17, 15) is 9.18 Å². The second kappa shape index (κ2) is 10.3. The minimum atomic E-state index is -0.325. The van der Waals surface area contributed by atoms with E-state index in [0.29, 0.717) is 17.7 Å². The van der Waals surface area contributed by atoms with Gasteiger partial charge in [0.1, 0.15) is 0 Å². The van der Waals surface area contributed by atoms with Crippen LogP contribution in [0.5, 0.6) is 5.75 Å². The average Bonchev–Trinajstić information content (AvgIpc) is 3.29. The Morgan fingerprint density at radius 3 is 2.62 bits per heavy atom. The largest absolute Gasteiger partial charge is 0.494 e. The van der Waals surface area contributed by atoms with Gasteiger partial charge in [-0.15, -0.1) is 0 Å². The SMILES string of the molecule is COc1cc(CCN[C@H]2CC[C@@H](c3cnc(N4CCN(C(C)=O)CC4)nc3)C2)ccc1F. The number of piperazine rings is 1. The molecule has 172 valence electrons. The standard InChI is InChI=1S/C24H32FN5O2/c1-17(31)29-9-11-30(12-10-29)24-27-15-20(16-28-24)19-4-5-21(14-19)26-8-7-18-3-6-22(25)23(13-18)32-2/h3,6,13,15-16,19,21,26H,4-5,7-12,14H2,1-2H3/t19-,21+/m1/s1. The van der Waals surface area contributed by atoms with Crippen molar-refractivity contribution in [2.45, 2.75) is 44.6 Å². The fourth-order valence-corrected chi connectivity index (χ4v) is 4.68. The summed E-state index contributed by atoms with van der Waals surface area (Å²) in [5.74, 6) is 1.33. The van der Waals surface area contributed by atoms with E-state index in [-0.39, 0.29) is 11.7 Å². The van der Waals surface area contributed by atoms with Gasteiger partial charge in [0.05, 0.1) is 7.11 Å². The van der Waals surface area contributed by atoms with Crippen molar-refractivity contribution in [3.05, 3.63) is 47.5 Å². The summed E-state index contributed by atoms with van der Waals surface area (Å²) in [7, 11) is 1.49. The summed E-state index contributed by atoms with van der Waals surface area (Å²) in [6.07, 6.45) is 8.11. The lowest BCUT2D eigenvalue weighted by Crippen LogP contribution is -2.48. The zero-order valence-electron chi connectivity index (χ0n) is 18.9. The predicted molar refractivity (Wildman–Crippen MR) is 122 cm³/mol. The molecule has 1 aliphatic heterocycles. The molecule has 2 heterocycles. The van der Waals surface area contributed by atoms with Crippen molar-refractivity contribution in [2.24, 2.45) is 0 Å². The van der Waals surface area contributed by atoms with Crippen molar-refractivity contribution in [1.82, 2.24) is 20.2 Å². The van der Waals surface area contributed by atoms with Crippen LogP contribution in [0.25, 0.3) is 0 Å². The zero-order valence-corrected chi connectivity index (χ0v) is 18.9. The third kappa shape index (κ3) is 5.35. The summed E-state index contributed by atoms with van der Waals surface area (Å²) >= 11 is 0. The van der Waals surface area contributed by atoms with Crippen LogP contribution in [0.4, 0.5) is 10.3 Å². The maximum Gasteiger partial charge on any atom is 0.225 e. The number of nitrogens with zero attached hydrogens (tertiary/aromatic N) is 4. The highest BCUT2D eigenvalue weighted by molar-refractivity contribution is 5.73. The number of hydrogen-bond acceptors (Lipinski definition) is 6. The lowest BCUT2D eigenvalue weighted by Gasteiger charge is -2.34. The van der Waals surface area contributed by atoms with Gasteiger partial charge in [-0.1, -0.05) is 6.07 Å². The van der Waals surface area contributed by atoms with Crippen molar-refractivity contribution in [3.8, 4) is 5.75 Å². The number of nitrogens with one attached hydrogen (secondary N) is 1. The summed E-state index contributed by atoms with van der Waals surface area (Å²) in [6.45, 7) is 5.46. The Bertz CT molecular complexity index is 915. The number of carbonyl (C=O) groups excluding carboxylic acids is 1. The second-order valence-corrected chi connectivity index (χ2v) is 8.69. The molecule has 1 saturated heterocycles. The lowest BCUT2D eigenvalue weighted by atomic mass is 10.0. The molecule has 2 aliphatic rings. The number of rotatable bonds is 7. The Morgan fingerprint density at radius 1 is 1.19 bits per heavy atom. The first-order valence-corrected chi connectivity index (χ1v) is 11.4. The van der Waals surface area contributed by atoms with Crippen LogP contribution >= 0.6 is 0 Å². The van der Waals surface area contributed by atoms with Crippen LogP contribution in [-0.4, -0.2) is 66.7 Å². The molecular weight excluding hydrogens is 409 g/mol. The van der Waals surface area contributed by atoms with Crippen molar-refractivity contribution in [1.29, 1.82) is 0 Å². The smallest absolute Gasteiger partial charge is 0.225 e. The number of ether oxygens (including phenoxy) is 1. The molecule has 7 nitrogen and oxygen atoms in total. The predicted octanol–water partition coefficient (Wildman–Crippen LogP) is 2.76. The number of halogens is 1. The molecule has 0 radical (unpaired) electrons. The van der Waals surface area contributed by atoms with Gasteiger partial charge in [0, 0.05) is 51.5 Å². The Hall–Kier alpha value is -2.74. The van der Waals surface area contributed by atoms with E-state index in [4.69, 9.17) is 4.74 Å². The third-order valence-corrected chi connectivity index (χ3v) is 6.63. The second-order valence-electron chi connectivity index (χ2n) is 8.69. The van der Waals surface area contributed by atoms with Gasteiger partial charge in [-0.05, 0) is 61.4 Å². The zero-order chi connectivity index (χ0) is 22.5. The number of amides is 1. The van der Waals surface area contributed by atoms with Gasteiger partial charge in [0.15, 0.2) is 11.6 Å². The van der Waals surface area contributed by atoms with E-state index < -0.39 is 0 Å². The summed E-state index contributed by atoms with van der Waals surface area (Å²) < 4.78 is 18.6. The minimum Gasteiger partial charge on any atom is -0.494 e. The van der Waals surface area contributed by atoms with Gasteiger partial charge in [-0.2, -0.15) is 0 Å². The molecule has 1 amide bonds. The normalized spacial score (nSPS) is 21.1. The number of anilines is 1. The molecule has 32 heavy (non-hydrogen) atoms. The van der Waals surface area contributed by atoms with Crippen LogP contribution in [-0.2, 0) is 11.2 Å². The molecule has 1 N–H and O–H groups in total. The van der Waals surface area contributed by atoms with E-state index >= 15 is 0 Å². The number of aromatic nitrogens is 2. The summed E-state index contributed by atoms with van der Waals surface area (Å²) in [5, 5.41) is 3.64. The van der Waals surface area contributed by atoms with Gasteiger partial charge < -0.3 is 19.9 Å². The molecule has 1 aromatic carbocycles. The van der Waals surface area contributed by atoms with E-state index in [1.54, 1.807) is 13.0 Å². The first-order valence-electron chi connectivity index (χ1n) is 11.4. The molecule has 4 rings (SSSR count). The highest BCUT2D eigenvalue weighted by Gasteiger charge is 2.26. The Morgan fingerprint density at radius 2 is 1.94 bits per heavy atom. The summed E-state index contributed by atoms with van der Waals surface area (Å²) in [6, 6.07) is 5.53. The Kier molecular flexibility index (Phi) is 7.19. The van der Waals surface area contributed by atoms with Crippen LogP contribution in [0.2, 0.25) is 0 Å². The molecule has 1 aromatic heterocycles. The summed E-state index contributed by atoms with van der Waals surface area (Å²) in [5.41, 5.74) is 2.27. The van der Waals surface area contributed by atoms with Crippen LogP contribution < -0.4 is 15.0 Å². The van der Waals surface area contributed by atoms with Crippen molar-refractivity contribution in [2.75, 3.05) is 44.7 Å². The monoisotopic (exact) mass is 441 g/mol. The molecule has 0 unspecified atom stereocenters. The van der Waals surface area contributed by atoms with Crippen LogP contribution in [0, 0.1) is 5.82 Å². The van der Waals surface area contributed by atoms with E-state index in [1.165, 1.54) is 18.7 Å². The van der Waals surface area contributed by atoms with Gasteiger partial charge in [-0.25, -0.2) is 14.4 Å². The van der Waals surface area contributed by atoms with E-state index in [2.05, 4.69) is 20.2 Å². The van der Waals surface area contributed by atoms with Crippen molar-refractivity contribution < 1.29 is 13.9 Å². The maximum atomic E-state index is 13.5. The molecule has 1 aliphatic carbocycles. The summed E-state index contributed by atoms with van der Waals surface area (Å²) in [4.78, 5) is 24.7. The van der Waals surface area contributed by atoms with Gasteiger partial charge in [0.25, 0.3) is 0 Å². The molecular formula is C24H32FN5O2. The molecule has 0 spiro atoms. The molecule has 1 saturated carbocycles. The van der Waals surface area contributed by atoms with Gasteiger partial charge in [-0.3, -0.25) is 4.79 Å². The number of benzene rings is 1. The van der Waals surface area contributed by atoms with Crippen molar-refractivity contribution in [3.63, 3.8) is 0 Å². The molecule has 2 atom stereocenters. The van der Waals surface area contributed by atoms with Gasteiger partial charge >= 0.3 is 0 Å². The minimum absolute atomic E-state index is 0.128. The quantitative estimate of drug-likeness (QED) is 0.713. The van der Waals surface area contributed by atoms with E-state index in [0.717, 1.165) is 69.9 Å². The first kappa shape index (κ1) is 22.5. The topological polar surface area (TPSA) is 70.6 Å². The molecule has 8 heteroatoms. The maximum absolute atomic E-state index is 13.5. The van der Waals surface area contributed by atoms with Gasteiger partial charge in [0.2, 0.25) is 11.9 Å². The van der Waals surface area contributed by atoms with E-state index in [1.807, 2.05) is 23.4 Å². The van der Waals surface area contributed by atoms with Crippen molar-refractivity contribution >= 4 is 11.9 Å². The van der Waals surface area contributed by atoms with Crippen LogP contribution in [0.15, 0.2) is 30.6 Å². The number of methoxy groups -OCH3 is 1. The fourth-order valence-electron chi connectivity index (χ4n) is 4.68. The Balaban J connectivity index is 1.23. The van der Waals surface area contributed by atoms with Crippen LogP contribution in [0.3, 0.4) is 0 Å². The molecule has 2 fully saturated rings. The highest BCUT2D eigenvalue weighted by Crippen LogP contribution is 2.34. The highest BCUT2D eigenvalue weighted by atomic mass is 19.1. The lowest BCUT2D eigenvalue weighted by molar-refractivity contribution is -0.129. The Labute approximate surface area is 189 Å².